The molecular weight excluding hydrogens is 218 g/mol. The van der Waals surface area contributed by atoms with Crippen molar-refractivity contribution >= 4 is 5.91 Å². The highest BCUT2D eigenvalue weighted by molar-refractivity contribution is 5.96. The highest BCUT2D eigenvalue weighted by Gasteiger charge is 2.38. The lowest BCUT2D eigenvalue weighted by Crippen LogP contribution is -2.31. The van der Waals surface area contributed by atoms with Crippen LogP contribution in [0.1, 0.15) is 10.4 Å². The van der Waals surface area contributed by atoms with E-state index in [-0.39, 0.29) is 11.7 Å². The summed E-state index contributed by atoms with van der Waals surface area (Å²) in [4.78, 5) is 17.8. The first-order valence-corrected chi connectivity index (χ1v) is 5.88. The van der Waals surface area contributed by atoms with Crippen LogP contribution in [0.15, 0.2) is 18.5 Å². The van der Waals surface area contributed by atoms with Crippen LogP contribution in [0, 0.1) is 11.8 Å². The Labute approximate surface area is 99.5 Å². The van der Waals surface area contributed by atoms with Crippen LogP contribution in [0.25, 0.3) is 0 Å². The van der Waals surface area contributed by atoms with Gasteiger partial charge in [0, 0.05) is 32.4 Å². The maximum Gasteiger partial charge on any atom is 0.257 e. The van der Waals surface area contributed by atoms with E-state index in [1.165, 1.54) is 12.4 Å². The number of carbonyl (C=O) groups excluding carboxylic acids is 1. The van der Waals surface area contributed by atoms with Gasteiger partial charge in [0.15, 0.2) is 0 Å². The molecule has 2 aliphatic rings. The first-order chi connectivity index (χ1) is 8.25. The van der Waals surface area contributed by atoms with Crippen LogP contribution >= 0.6 is 0 Å². The van der Waals surface area contributed by atoms with Crippen LogP contribution in [0.3, 0.4) is 0 Å². The average Bonchev–Trinajstić information content (AvgIpc) is 2.88. The molecule has 2 atom stereocenters. The second-order valence-corrected chi connectivity index (χ2v) is 4.78. The summed E-state index contributed by atoms with van der Waals surface area (Å²) in [6.07, 6.45) is 2.84. The standard InChI is InChI=1S/C12H15N3O2/c16-11-5-13-2-1-10(11)12(17)15-6-8-3-14-4-9(8)7-15/h1-2,5,8-9,14,16H,3-4,6-7H2/t8-,9+. The van der Waals surface area contributed by atoms with E-state index in [4.69, 9.17) is 0 Å². The molecule has 1 aromatic rings. The number of hydrogen-bond acceptors (Lipinski definition) is 4. The van der Waals surface area contributed by atoms with E-state index in [2.05, 4.69) is 10.3 Å². The van der Waals surface area contributed by atoms with Crippen LogP contribution in [0.4, 0.5) is 0 Å². The van der Waals surface area contributed by atoms with E-state index in [0.717, 1.165) is 26.2 Å². The molecule has 5 heteroatoms. The van der Waals surface area contributed by atoms with Crippen LogP contribution < -0.4 is 5.32 Å². The number of nitrogens with one attached hydrogen (secondary N) is 1. The number of nitrogens with zero attached hydrogens (tertiary/aromatic N) is 2. The minimum atomic E-state index is -0.0840. The van der Waals surface area contributed by atoms with Gasteiger partial charge in [0.1, 0.15) is 5.75 Å². The van der Waals surface area contributed by atoms with Gasteiger partial charge in [-0.15, -0.1) is 0 Å². The molecule has 0 unspecified atom stereocenters. The first kappa shape index (κ1) is 10.5. The largest absolute Gasteiger partial charge is 0.505 e. The van der Waals surface area contributed by atoms with Gasteiger partial charge < -0.3 is 15.3 Å². The summed E-state index contributed by atoms with van der Waals surface area (Å²) in [6, 6.07) is 1.57. The van der Waals surface area contributed by atoms with Crippen molar-refractivity contribution in [1.29, 1.82) is 0 Å². The highest BCUT2D eigenvalue weighted by atomic mass is 16.3. The molecule has 3 heterocycles. The van der Waals surface area contributed by atoms with Crippen LogP contribution in [0.2, 0.25) is 0 Å². The maximum atomic E-state index is 12.2. The minimum Gasteiger partial charge on any atom is -0.505 e. The zero-order valence-corrected chi connectivity index (χ0v) is 9.47. The smallest absolute Gasteiger partial charge is 0.257 e. The molecule has 0 radical (unpaired) electrons. The summed E-state index contributed by atoms with van der Waals surface area (Å²) in [7, 11) is 0. The molecule has 2 saturated heterocycles. The van der Waals surface area contributed by atoms with Gasteiger partial charge in [-0.05, 0) is 17.9 Å². The number of pyridine rings is 1. The number of carbonyl (C=O) groups is 1. The molecule has 17 heavy (non-hydrogen) atoms. The highest BCUT2D eigenvalue weighted by Crippen LogP contribution is 2.28. The lowest BCUT2D eigenvalue weighted by Gasteiger charge is -2.17. The van der Waals surface area contributed by atoms with Crippen LogP contribution in [0.5, 0.6) is 5.75 Å². The van der Waals surface area contributed by atoms with E-state index in [1.807, 2.05) is 4.90 Å². The van der Waals surface area contributed by atoms with Crippen molar-refractivity contribution in [2.45, 2.75) is 0 Å². The molecule has 0 saturated carbocycles. The summed E-state index contributed by atoms with van der Waals surface area (Å²) in [6.45, 7) is 3.57. The molecule has 0 bridgehead atoms. The first-order valence-electron chi connectivity index (χ1n) is 5.88. The molecule has 1 amide bonds. The van der Waals surface area contributed by atoms with E-state index in [0.29, 0.717) is 17.4 Å². The molecule has 1 aromatic heterocycles. The predicted octanol–water partition coefficient (Wildman–Crippen LogP) is 0.0786. The van der Waals surface area contributed by atoms with Gasteiger partial charge in [-0.2, -0.15) is 0 Å². The summed E-state index contributed by atoms with van der Waals surface area (Å²) in [5.74, 6) is 1.03. The van der Waals surface area contributed by atoms with Crippen molar-refractivity contribution in [3.63, 3.8) is 0 Å². The van der Waals surface area contributed by atoms with Crippen molar-refractivity contribution in [2.24, 2.45) is 11.8 Å². The number of aromatic nitrogens is 1. The number of aromatic hydroxyl groups is 1. The molecule has 90 valence electrons. The van der Waals surface area contributed by atoms with Gasteiger partial charge in [0.2, 0.25) is 0 Å². The second kappa shape index (κ2) is 4.00. The third-order valence-electron chi connectivity index (χ3n) is 3.71. The fourth-order valence-electron chi connectivity index (χ4n) is 2.76. The van der Waals surface area contributed by atoms with Crippen molar-refractivity contribution in [3.8, 4) is 5.75 Å². The molecular formula is C12H15N3O2. The number of rotatable bonds is 1. The molecule has 2 aliphatic heterocycles. The molecule has 5 nitrogen and oxygen atoms in total. The summed E-state index contributed by atoms with van der Waals surface area (Å²) in [5, 5.41) is 13.0. The Kier molecular flexibility index (Phi) is 2.48. The van der Waals surface area contributed by atoms with Gasteiger partial charge >= 0.3 is 0 Å². The van der Waals surface area contributed by atoms with Crippen molar-refractivity contribution in [3.05, 3.63) is 24.0 Å². The monoisotopic (exact) mass is 233 g/mol. The SMILES string of the molecule is O=C(c1ccncc1O)N1C[C@H]2CNC[C@H]2C1. The average molecular weight is 233 g/mol. The van der Waals surface area contributed by atoms with Gasteiger partial charge in [0.25, 0.3) is 5.91 Å². The van der Waals surface area contributed by atoms with Gasteiger partial charge in [-0.25, -0.2) is 0 Å². The summed E-state index contributed by atoms with van der Waals surface area (Å²) >= 11 is 0. The van der Waals surface area contributed by atoms with E-state index in [1.54, 1.807) is 6.07 Å². The normalized spacial score (nSPS) is 27.2. The van der Waals surface area contributed by atoms with Crippen LogP contribution in [-0.2, 0) is 0 Å². The van der Waals surface area contributed by atoms with Crippen molar-refractivity contribution < 1.29 is 9.90 Å². The summed E-state index contributed by atoms with van der Waals surface area (Å²) in [5.41, 5.74) is 0.355. The number of hydrogen-bond donors (Lipinski definition) is 2. The fraction of sp³-hybridized carbons (Fsp3) is 0.500. The van der Waals surface area contributed by atoms with Gasteiger partial charge in [0.05, 0.1) is 11.8 Å². The molecule has 2 N–H and O–H groups in total. The third kappa shape index (κ3) is 1.76. The molecule has 0 aromatic carbocycles. The predicted molar refractivity (Wildman–Crippen MR) is 61.7 cm³/mol. The van der Waals surface area contributed by atoms with E-state index < -0.39 is 0 Å². The fourth-order valence-corrected chi connectivity index (χ4v) is 2.76. The Morgan fingerprint density at radius 1 is 1.41 bits per heavy atom. The molecule has 2 fully saturated rings. The van der Waals surface area contributed by atoms with Gasteiger partial charge in [-0.1, -0.05) is 0 Å². The third-order valence-corrected chi connectivity index (χ3v) is 3.71. The quantitative estimate of drug-likeness (QED) is 0.721. The summed E-state index contributed by atoms with van der Waals surface area (Å²) < 4.78 is 0. The van der Waals surface area contributed by atoms with Crippen molar-refractivity contribution in [2.75, 3.05) is 26.2 Å². The molecule has 0 aliphatic carbocycles. The Morgan fingerprint density at radius 3 is 2.76 bits per heavy atom. The minimum absolute atomic E-state index is 0.0346. The Balaban J connectivity index is 1.78. The van der Waals surface area contributed by atoms with Crippen molar-refractivity contribution in [1.82, 2.24) is 15.2 Å². The van der Waals surface area contributed by atoms with E-state index >= 15 is 0 Å². The number of amides is 1. The second-order valence-electron chi connectivity index (χ2n) is 4.78. The molecule has 3 rings (SSSR count). The Hall–Kier alpha value is -1.62. The van der Waals surface area contributed by atoms with E-state index in [9.17, 15) is 9.90 Å². The number of likely N-dealkylation sites (tertiary alicyclic amines) is 1. The molecule has 0 spiro atoms. The Morgan fingerprint density at radius 2 is 2.12 bits per heavy atom. The zero-order chi connectivity index (χ0) is 11.8. The number of fused-ring (bicyclic) bond motifs is 1. The maximum absolute atomic E-state index is 12.2. The topological polar surface area (TPSA) is 65.5 Å². The van der Waals surface area contributed by atoms with Crippen LogP contribution in [-0.4, -0.2) is 47.1 Å². The zero-order valence-electron chi connectivity index (χ0n) is 9.47. The Bertz CT molecular complexity index is 437. The lowest BCUT2D eigenvalue weighted by molar-refractivity contribution is 0.0778. The lowest BCUT2D eigenvalue weighted by atomic mass is 10.0. The van der Waals surface area contributed by atoms with Gasteiger partial charge in [-0.3, -0.25) is 9.78 Å².